The number of aromatic hydroxyl groups is 1. The summed E-state index contributed by atoms with van der Waals surface area (Å²) < 4.78 is 4.98. The Morgan fingerprint density at radius 1 is 1.58 bits per heavy atom. The lowest BCUT2D eigenvalue weighted by Gasteiger charge is -2.05. The maximum absolute atomic E-state index is 10.2. The Balaban J connectivity index is 3.03. The van der Waals surface area contributed by atoms with E-state index >= 15 is 0 Å². The minimum atomic E-state index is 0.146. The smallest absolute Gasteiger partial charge is 0.124 e. The van der Waals surface area contributed by atoms with Gasteiger partial charge in [0, 0.05) is 12.0 Å². The van der Waals surface area contributed by atoms with Crippen molar-refractivity contribution in [3.63, 3.8) is 0 Å². The topological polar surface area (TPSA) is 46.5 Å². The molecule has 0 atom stereocenters. The number of carbonyl (C=O) groups excluding carboxylic acids is 1. The fourth-order valence-corrected chi connectivity index (χ4v) is 1.01. The molecule has 0 spiro atoms. The zero-order chi connectivity index (χ0) is 8.97. The van der Waals surface area contributed by atoms with Crippen LogP contribution in [-0.2, 0) is 11.2 Å². The van der Waals surface area contributed by atoms with E-state index in [0.717, 1.165) is 6.29 Å². The van der Waals surface area contributed by atoms with E-state index in [1.165, 1.54) is 19.2 Å². The van der Waals surface area contributed by atoms with E-state index in [1.54, 1.807) is 6.07 Å². The molecule has 1 aromatic rings. The highest BCUT2D eigenvalue weighted by atomic mass is 16.5. The fraction of sp³-hybridized carbons (Fsp3) is 0.222. The average Bonchev–Trinajstić information content (AvgIpc) is 2.05. The van der Waals surface area contributed by atoms with Crippen molar-refractivity contribution in [3.05, 3.63) is 23.8 Å². The Hall–Kier alpha value is -1.51. The molecule has 0 heterocycles. The number of carbonyl (C=O) groups is 1. The van der Waals surface area contributed by atoms with E-state index in [4.69, 9.17) is 9.84 Å². The molecular formula is C9H10O3. The number of hydrogen-bond donors (Lipinski definition) is 1. The van der Waals surface area contributed by atoms with Gasteiger partial charge in [-0.3, -0.25) is 0 Å². The van der Waals surface area contributed by atoms with Gasteiger partial charge >= 0.3 is 0 Å². The summed E-state index contributed by atoms with van der Waals surface area (Å²) in [6.07, 6.45) is 1.04. The molecule has 0 saturated carbocycles. The van der Waals surface area contributed by atoms with Gasteiger partial charge in [0.25, 0.3) is 0 Å². The summed E-state index contributed by atoms with van der Waals surface area (Å²) in [5.74, 6) is 0.771. The molecule has 0 bridgehead atoms. The molecule has 0 aliphatic rings. The second-order valence-electron chi connectivity index (χ2n) is 2.37. The standard InChI is InChI=1S/C9H10O3/c1-12-9-3-2-8(11)6-7(9)4-5-10/h2-3,5-6,11H,4H2,1H3. The molecule has 64 valence electrons. The van der Waals surface area contributed by atoms with Crippen LogP contribution in [0.5, 0.6) is 11.5 Å². The van der Waals surface area contributed by atoms with Gasteiger partial charge in [0.1, 0.15) is 17.8 Å². The molecule has 1 aromatic carbocycles. The molecule has 0 radical (unpaired) electrons. The molecule has 3 heteroatoms. The van der Waals surface area contributed by atoms with Crippen molar-refractivity contribution in [1.29, 1.82) is 0 Å². The molecule has 0 unspecified atom stereocenters. The van der Waals surface area contributed by atoms with Gasteiger partial charge in [-0.05, 0) is 18.2 Å². The zero-order valence-electron chi connectivity index (χ0n) is 6.78. The number of benzene rings is 1. The SMILES string of the molecule is COc1ccc(O)cc1CC=O. The average molecular weight is 166 g/mol. The van der Waals surface area contributed by atoms with Gasteiger partial charge in [-0.25, -0.2) is 0 Å². The Morgan fingerprint density at radius 2 is 2.33 bits per heavy atom. The van der Waals surface area contributed by atoms with E-state index in [-0.39, 0.29) is 12.2 Å². The van der Waals surface area contributed by atoms with Gasteiger partial charge < -0.3 is 14.6 Å². The van der Waals surface area contributed by atoms with Crippen molar-refractivity contribution < 1.29 is 14.6 Å². The highest BCUT2D eigenvalue weighted by Gasteiger charge is 2.02. The van der Waals surface area contributed by atoms with Crippen LogP contribution in [0.4, 0.5) is 0 Å². The first-order chi connectivity index (χ1) is 5.77. The van der Waals surface area contributed by atoms with Gasteiger partial charge in [-0.2, -0.15) is 0 Å². The largest absolute Gasteiger partial charge is 0.508 e. The number of phenolic OH excluding ortho intramolecular Hbond substituents is 1. The fourth-order valence-electron chi connectivity index (χ4n) is 1.01. The van der Waals surface area contributed by atoms with E-state index in [9.17, 15) is 4.79 Å². The lowest BCUT2D eigenvalue weighted by Crippen LogP contribution is -1.92. The number of hydrogen-bond acceptors (Lipinski definition) is 3. The number of methoxy groups -OCH3 is 1. The monoisotopic (exact) mass is 166 g/mol. The van der Waals surface area contributed by atoms with E-state index < -0.39 is 0 Å². The molecule has 0 aromatic heterocycles. The van der Waals surface area contributed by atoms with Gasteiger partial charge in [0.05, 0.1) is 7.11 Å². The Bertz CT molecular complexity index is 281. The summed E-state index contributed by atoms with van der Waals surface area (Å²) in [5, 5.41) is 9.09. The maximum atomic E-state index is 10.2. The van der Waals surface area contributed by atoms with Crippen LogP contribution in [0.15, 0.2) is 18.2 Å². The first-order valence-electron chi connectivity index (χ1n) is 3.57. The highest BCUT2D eigenvalue weighted by molar-refractivity contribution is 5.58. The van der Waals surface area contributed by atoms with Crippen molar-refractivity contribution >= 4 is 6.29 Å². The first-order valence-corrected chi connectivity index (χ1v) is 3.57. The number of ether oxygens (including phenoxy) is 1. The molecule has 0 aliphatic heterocycles. The first kappa shape index (κ1) is 8.59. The van der Waals surface area contributed by atoms with Crippen molar-refractivity contribution in [2.24, 2.45) is 0 Å². The Labute approximate surface area is 70.6 Å². The molecule has 1 rings (SSSR count). The summed E-state index contributed by atoms with van der Waals surface area (Å²) in [6, 6.07) is 4.68. The molecule has 1 N–H and O–H groups in total. The van der Waals surface area contributed by atoms with Crippen molar-refractivity contribution in [1.82, 2.24) is 0 Å². The normalized spacial score (nSPS) is 9.42. The lowest BCUT2D eigenvalue weighted by atomic mass is 10.1. The molecule has 3 nitrogen and oxygen atoms in total. The Morgan fingerprint density at radius 3 is 2.92 bits per heavy atom. The van der Waals surface area contributed by atoms with Gasteiger partial charge in [0.2, 0.25) is 0 Å². The molecular weight excluding hydrogens is 156 g/mol. The predicted molar refractivity (Wildman–Crippen MR) is 44.4 cm³/mol. The third kappa shape index (κ3) is 1.75. The van der Waals surface area contributed by atoms with Crippen molar-refractivity contribution in [2.45, 2.75) is 6.42 Å². The quantitative estimate of drug-likeness (QED) is 0.685. The minimum absolute atomic E-state index is 0.146. The van der Waals surface area contributed by atoms with Crippen LogP contribution in [0.1, 0.15) is 5.56 Å². The van der Waals surface area contributed by atoms with Crippen LogP contribution in [0.3, 0.4) is 0 Å². The summed E-state index contributed by atoms with van der Waals surface area (Å²) in [5.41, 5.74) is 0.701. The van der Waals surface area contributed by atoms with Crippen LogP contribution in [0.2, 0.25) is 0 Å². The van der Waals surface area contributed by atoms with Crippen LogP contribution in [0.25, 0.3) is 0 Å². The summed E-state index contributed by atoms with van der Waals surface area (Å²) >= 11 is 0. The molecule has 0 aliphatic carbocycles. The zero-order valence-corrected chi connectivity index (χ0v) is 6.78. The third-order valence-electron chi connectivity index (χ3n) is 1.57. The molecule has 0 fully saturated rings. The van der Waals surface area contributed by atoms with Crippen molar-refractivity contribution in [2.75, 3.05) is 7.11 Å². The molecule has 0 saturated heterocycles. The summed E-state index contributed by atoms with van der Waals surface area (Å²) in [4.78, 5) is 10.2. The van der Waals surface area contributed by atoms with Crippen LogP contribution < -0.4 is 4.74 Å². The second-order valence-corrected chi connectivity index (χ2v) is 2.37. The van der Waals surface area contributed by atoms with Gasteiger partial charge in [-0.1, -0.05) is 0 Å². The third-order valence-corrected chi connectivity index (χ3v) is 1.57. The highest BCUT2D eigenvalue weighted by Crippen LogP contribution is 2.22. The number of phenols is 1. The predicted octanol–water partition coefficient (Wildman–Crippen LogP) is 1.14. The summed E-state index contributed by atoms with van der Waals surface area (Å²) in [6.45, 7) is 0. The van der Waals surface area contributed by atoms with E-state index in [1.807, 2.05) is 0 Å². The number of rotatable bonds is 3. The van der Waals surface area contributed by atoms with Gasteiger partial charge in [0.15, 0.2) is 0 Å². The molecule has 0 amide bonds. The Kier molecular flexibility index (Phi) is 2.69. The minimum Gasteiger partial charge on any atom is -0.508 e. The van der Waals surface area contributed by atoms with E-state index in [0.29, 0.717) is 11.3 Å². The van der Waals surface area contributed by atoms with Crippen LogP contribution >= 0.6 is 0 Å². The van der Waals surface area contributed by atoms with Crippen LogP contribution in [0, 0.1) is 0 Å². The lowest BCUT2D eigenvalue weighted by molar-refractivity contribution is -0.107. The maximum Gasteiger partial charge on any atom is 0.124 e. The second kappa shape index (κ2) is 3.76. The van der Waals surface area contributed by atoms with Crippen LogP contribution in [-0.4, -0.2) is 18.5 Å². The molecule has 12 heavy (non-hydrogen) atoms. The summed E-state index contributed by atoms with van der Waals surface area (Å²) in [7, 11) is 1.53. The van der Waals surface area contributed by atoms with E-state index in [2.05, 4.69) is 0 Å². The van der Waals surface area contributed by atoms with Crippen molar-refractivity contribution in [3.8, 4) is 11.5 Å². The number of aldehydes is 1. The van der Waals surface area contributed by atoms with Gasteiger partial charge in [-0.15, -0.1) is 0 Å².